The van der Waals surface area contributed by atoms with Crippen LogP contribution in [0.25, 0.3) is 15.6 Å². The number of benzene rings is 2. The summed E-state index contributed by atoms with van der Waals surface area (Å²) in [5.41, 5.74) is -0.542. The molecule has 0 spiro atoms. The van der Waals surface area contributed by atoms with Crippen LogP contribution in [0, 0.1) is 18.4 Å². The van der Waals surface area contributed by atoms with Crippen LogP contribution in [0.1, 0.15) is 39.0 Å². The molecule has 0 saturated carbocycles. The summed E-state index contributed by atoms with van der Waals surface area (Å²) in [6.07, 6.45) is 2.17. The van der Waals surface area contributed by atoms with E-state index in [1.54, 1.807) is 12.1 Å². The first kappa shape index (κ1) is 19.7. The Morgan fingerprint density at radius 3 is 2.58 bits per heavy atom. The van der Waals surface area contributed by atoms with Crippen LogP contribution in [0.15, 0.2) is 36.4 Å². The minimum Gasteiger partial charge on any atom is -0.481 e. The lowest BCUT2D eigenvalue weighted by molar-refractivity contribution is -0.137. The molecule has 2 amide bonds. The summed E-state index contributed by atoms with van der Waals surface area (Å²) >= 11 is 0. The van der Waals surface area contributed by atoms with E-state index >= 15 is 0 Å². The van der Waals surface area contributed by atoms with Crippen LogP contribution in [0.3, 0.4) is 0 Å². The van der Waals surface area contributed by atoms with Crippen LogP contribution in [0.5, 0.6) is 0 Å². The zero-order valence-corrected chi connectivity index (χ0v) is 17.1. The molecule has 3 aliphatic heterocycles. The van der Waals surface area contributed by atoms with Crippen molar-refractivity contribution in [2.75, 3.05) is 4.90 Å². The van der Waals surface area contributed by atoms with Gasteiger partial charge in [-0.05, 0) is 49.4 Å². The molecule has 3 fully saturated rings. The number of amides is 2. The summed E-state index contributed by atoms with van der Waals surface area (Å²) in [6.45, 7) is 9.31. The maximum atomic E-state index is 13.7. The van der Waals surface area contributed by atoms with E-state index in [4.69, 9.17) is 16.4 Å². The topological polar surface area (TPSA) is 88.3 Å². The van der Waals surface area contributed by atoms with Gasteiger partial charge in [0.15, 0.2) is 5.69 Å². The molecular weight excluding hydrogens is 396 g/mol. The third kappa shape index (κ3) is 2.64. The molecule has 2 aromatic rings. The molecule has 0 aromatic heterocycles. The van der Waals surface area contributed by atoms with Gasteiger partial charge in [0.2, 0.25) is 11.8 Å². The van der Waals surface area contributed by atoms with Gasteiger partial charge >= 0.3 is 5.97 Å². The zero-order valence-electron chi connectivity index (χ0n) is 17.1. The summed E-state index contributed by atoms with van der Waals surface area (Å²) in [5, 5.41) is 10.4. The van der Waals surface area contributed by atoms with Crippen molar-refractivity contribution in [1.29, 1.82) is 0 Å². The van der Waals surface area contributed by atoms with Crippen LogP contribution in [0.4, 0.5) is 11.4 Å². The zero-order chi connectivity index (χ0) is 22.0. The molecule has 3 heterocycles. The highest BCUT2D eigenvalue weighted by Gasteiger charge is 2.73. The third-order valence-electron chi connectivity index (χ3n) is 7.24. The van der Waals surface area contributed by atoms with Gasteiger partial charge in [-0.1, -0.05) is 30.3 Å². The highest BCUT2D eigenvalue weighted by atomic mass is 16.5. The number of anilines is 1. The first-order valence-electron chi connectivity index (χ1n) is 10.5. The van der Waals surface area contributed by atoms with Gasteiger partial charge in [0.25, 0.3) is 0 Å². The van der Waals surface area contributed by atoms with E-state index in [2.05, 4.69) is 4.85 Å². The van der Waals surface area contributed by atoms with Gasteiger partial charge in [-0.2, -0.15) is 0 Å². The van der Waals surface area contributed by atoms with Gasteiger partial charge in [-0.15, -0.1) is 0 Å². The van der Waals surface area contributed by atoms with Gasteiger partial charge in [0, 0.05) is 6.42 Å². The van der Waals surface area contributed by atoms with Crippen molar-refractivity contribution < 1.29 is 24.2 Å². The van der Waals surface area contributed by atoms with E-state index in [-0.39, 0.29) is 18.2 Å². The van der Waals surface area contributed by atoms with Gasteiger partial charge in [0.1, 0.15) is 0 Å². The highest BCUT2D eigenvalue weighted by Crippen LogP contribution is 2.63. The average Bonchev–Trinajstić information content (AvgIpc) is 3.32. The molecule has 7 heteroatoms. The molecule has 2 unspecified atom stereocenters. The molecule has 5 rings (SSSR count). The van der Waals surface area contributed by atoms with Crippen molar-refractivity contribution in [3.63, 3.8) is 0 Å². The fourth-order valence-electron chi connectivity index (χ4n) is 5.95. The molecule has 7 nitrogen and oxygen atoms in total. The normalized spacial score (nSPS) is 31.3. The van der Waals surface area contributed by atoms with Gasteiger partial charge in [-0.25, -0.2) is 9.74 Å². The van der Waals surface area contributed by atoms with Crippen LogP contribution in [0.2, 0.25) is 0 Å². The van der Waals surface area contributed by atoms with E-state index in [0.717, 1.165) is 0 Å². The van der Waals surface area contributed by atoms with Crippen molar-refractivity contribution >= 4 is 39.9 Å². The SMILES string of the molecule is [C-]#[N+]c1ccc(N2C(=O)[C@@H]3[C@H](C2=O)C2(C)CCC3(CCCC(=O)O)O2)c2ccccc12. The van der Waals surface area contributed by atoms with Crippen molar-refractivity contribution in [3.8, 4) is 0 Å². The summed E-state index contributed by atoms with van der Waals surface area (Å²) in [4.78, 5) is 43.1. The summed E-state index contributed by atoms with van der Waals surface area (Å²) < 4.78 is 6.34. The fraction of sp³-hybridized carbons (Fsp3) is 0.417. The number of imide groups is 1. The Bertz CT molecular complexity index is 1180. The quantitative estimate of drug-likeness (QED) is 0.584. The first-order valence-corrected chi connectivity index (χ1v) is 10.5. The number of aliphatic carboxylic acids is 1. The Morgan fingerprint density at radius 2 is 1.87 bits per heavy atom. The Balaban J connectivity index is 1.57. The largest absolute Gasteiger partial charge is 0.481 e. The summed E-state index contributed by atoms with van der Waals surface area (Å²) in [5.74, 6) is -2.61. The van der Waals surface area contributed by atoms with Crippen molar-refractivity contribution in [2.24, 2.45) is 11.8 Å². The third-order valence-corrected chi connectivity index (χ3v) is 7.24. The summed E-state index contributed by atoms with van der Waals surface area (Å²) in [7, 11) is 0. The van der Waals surface area contributed by atoms with Crippen LogP contribution in [-0.4, -0.2) is 34.1 Å². The number of carbonyl (C=O) groups is 3. The molecule has 158 valence electrons. The molecule has 0 radical (unpaired) electrons. The Labute approximate surface area is 179 Å². The predicted molar refractivity (Wildman–Crippen MR) is 113 cm³/mol. The maximum absolute atomic E-state index is 13.7. The second-order valence-electron chi connectivity index (χ2n) is 8.96. The van der Waals surface area contributed by atoms with Gasteiger partial charge in [0.05, 0.1) is 35.3 Å². The van der Waals surface area contributed by atoms with Crippen LogP contribution >= 0.6 is 0 Å². The lowest BCUT2D eigenvalue weighted by Crippen LogP contribution is -2.42. The Hall–Kier alpha value is -3.24. The highest BCUT2D eigenvalue weighted by molar-refractivity contribution is 6.26. The van der Waals surface area contributed by atoms with Crippen molar-refractivity contribution in [3.05, 3.63) is 47.8 Å². The van der Waals surface area contributed by atoms with E-state index in [1.165, 1.54) is 4.90 Å². The number of hydrogen-bond donors (Lipinski definition) is 1. The van der Waals surface area contributed by atoms with E-state index in [0.29, 0.717) is 47.8 Å². The number of hydrogen-bond acceptors (Lipinski definition) is 4. The Morgan fingerprint density at radius 1 is 1.16 bits per heavy atom. The molecule has 1 N–H and O–H groups in total. The smallest absolute Gasteiger partial charge is 0.303 e. The first-order chi connectivity index (χ1) is 14.8. The molecule has 0 aliphatic carbocycles. The van der Waals surface area contributed by atoms with Gasteiger partial charge in [-0.3, -0.25) is 14.4 Å². The lowest BCUT2D eigenvalue weighted by Gasteiger charge is -2.31. The number of ether oxygens (including phenoxy) is 1. The van der Waals surface area contributed by atoms with Crippen LogP contribution in [-0.2, 0) is 19.1 Å². The minimum absolute atomic E-state index is 0.00772. The molecule has 4 atom stereocenters. The Kier molecular flexibility index (Phi) is 4.21. The lowest BCUT2D eigenvalue weighted by atomic mass is 9.67. The van der Waals surface area contributed by atoms with E-state index < -0.39 is 29.0 Å². The standard InChI is InChI=1S/C24H22N2O5/c1-23-12-13-24(31-23,11-5-8-18(27)28)20-19(23)21(29)26(22(20)30)17-10-9-16(25-2)14-6-3-4-7-15(14)17/h3-4,6-7,9-10,19-20H,5,8,11-13H2,1H3,(H,27,28)/t19-,20+,23?,24?/m1/s1. The molecule has 3 saturated heterocycles. The molecule has 2 aromatic carbocycles. The van der Waals surface area contributed by atoms with E-state index in [1.807, 2.05) is 31.2 Å². The number of rotatable bonds is 5. The predicted octanol–water partition coefficient (Wildman–Crippen LogP) is 4.07. The number of fused-ring (bicyclic) bond motifs is 6. The molecule has 31 heavy (non-hydrogen) atoms. The molecular formula is C24H22N2O5. The molecule has 3 aliphatic rings. The van der Waals surface area contributed by atoms with Gasteiger partial charge < -0.3 is 9.84 Å². The average molecular weight is 418 g/mol. The van der Waals surface area contributed by atoms with Crippen LogP contribution < -0.4 is 4.90 Å². The second kappa shape index (κ2) is 6.63. The second-order valence-corrected chi connectivity index (χ2v) is 8.96. The number of carboxylic acids is 1. The van der Waals surface area contributed by atoms with E-state index in [9.17, 15) is 14.4 Å². The number of nitrogens with zero attached hydrogens (tertiary/aromatic N) is 2. The summed E-state index contributed by atoms with van der Waals surface area (Å²) in [6, 6.07) is 10.6. The number of carboxylic acid groups (broad SMARTS) is 1. The monoisotopic (exact) mass is 418 g/mol. The van der Waals surface area contributed by atoms with Crippen molar-refractivity contribution in [1.82, 2.24) is 0 Å². The minimum atomic E-state index is -0.881. The van der Waals surface area contributed by atoms with Crippen molar-refractivity contribution in [2.45, 2.75) is 50.2 Å². The fourth-order valence-corrected chi connectivity index (χ4v) is 5.95. The number of carbonyl (C=O) groups excluding carboxylic acids is 2. The maximum Gasteiger partial charge on any atom is 0.303 e. The molecule has 2 bridgehead atoms.